The van der Waals surface area contributed by atoms with Gasteiger partial charge < -0.3 is 10.8 Å². The summed E-state index contributed by atoms with van der Waals surface area (Å²) in [7, 11) is 0. The number of rotatable bonds is 1. The number of phenols is 1. The average molecular weight is 200 g/mol. The normalized spacial score (nSPS) is 9.87. The van der Waals surface area contributed by atoms with Gasteiger partial charge in [-0.15, -0.1) is 0 Å². The van der Waals surface area contributed by atoms with E-state index in [1.807, 2.05) is 6.07 Å². The number of anilines is 1. The van der Waals surface area contributed by atoms with Gasteiger partial charge in [-0.05, 0) is 23.1 Å². The van der Waals surface area contributed by atoms with Crippen LogP contribution in [-0.2, 0) is 0 Å². The van der Waals surface area contributed by atoms with Gasteiger partial charge in [0.1, 0.15) is 5.75 Å². The lowest BCUT2D eigenvalue weighted by molar-refractivity contribution is 0.482. The predicted molar refractivity (Wildman–Crippen MR) is 58.8 cm³/mol. The summed E-state index contributed by atoms with van der Waals surface area (Å²) in [4.78, 5) is 2.69. The smallest absolute Gasteiger partial charge is 0.123 e. The van der Waals surface area contributed by atoms with Crippen LogP contribution in [0.2, 0.25) is 0 Å². The van der Waals surface area contributed by atoms with Gasteiger partial charge in [-0.1, -0.05) is 23.3 Å². The van der Waals surface area contributed by atoms with Crippen LogP contribution in [0, 0.1) is 0 Å². The molecule has 0 heterocycles. The van der Waals surface area contributed by atoms with Crippen molar-refractivity contribution in [2.24, 2.45) is 5.11 Å². The van der Waals surface area contributed by atoms with Gasteiger partial charge in [0.15, 0.2) is 0 Å². The van der Waals surface area contributed by atoms with Crippen molar-refractivity contribution in [3.63, 3.8) is 0 Å². The molecule has 0 fully saturated rings. The SMILES string of the molecule is [N-]=[N+]=Nc1c(N)ccc2cccc(O)c12. The first-order valence-corrected chi connectivity index (χ1v) is 4.29. The Morgan fingerprint density at radius 2 is 2.07 bits per heavy atom. The Hall–Kier alpha value is -2.39. The van der Waals surface area contributed by atoms with Gasteiger partial charge in [-0.2, -0.15) is 0 Å². The molecule has 5 heteroatoms. The maximum atomic E-state index is 9.66. The van der Waals surface area contributed by atoms with Crippen molar-refractivity contribution < 1.29 is 5.11 Å². The van der Waals surface area contributed by atoms with Gasteiger partial charge in [-0.25, -0.2) is 0 Å². The summed E-state index contributed by atoms with van der Waals surface area (Å²) >= 11 is 0. The van der Waals surface area contributed by atoms with E-state index in [4.69, 9.17) is 11.3 Å². The number of aromatic hydroxyl groups is 1. The summed E-state index contributed by atoms with van der Waals surface area (Å²) in [6.45, 7) is 0. The molecule has 0 unspecified atom stereocenters. The molecule has 0 atom stereocenters. The second kappa shape index (κ2) is 3.40. The Morgan fingerprint density at radius 3 is 2.80 bits per heavy atom. The van der Waals surface area contributed by atoms with Crippen LogP contribution >= 0.6 is 0 Å². The largest absolute Gasteiger partial charge is 0.507 e. The molecule has 0 aliphatic heterocycles. The van der Waals surface area contributed by atoms with Crippen LogP contribution in [-0.4, -0.2) is 5.11 Å². The van der Waals surface area contributed by atoms with E-state index in [1.165, 1.54) is 6.07 Å². The third-order valence-corrected chi connectivity index (χ3v) is 2.17. The molecule has 2 rings (SSSR count). The van der Waals surface area contributed by atoms with Crippen molar-refractivity contribution in [3.8, 4) is 5.75 Å². The first-order chi connectivity index (χ1) is 7.24. The number of hydrogen-bond acceptors (Lipinski definition) is 3. The fourth-order valence-electron chi connectivity index (χ4n) is 1.51. The highest BCUT2D eigenvalue weighted by Gasteiger charge is 2.07. The summed E-state index contributed by atoms with van der Waals surface area (Å²) in [6.07, 6.45) is 0. The van der Waals surface area contributed by atoms with Crippen molar-refractivity contribution in [3.05, 3.63) is 40.8 Å². The molecule has 3 N–H and O–H groups in total. The first kappa shape index (κ1) is 9.18. The lowest BCUT2D eigenvalue weighted by Crippen LogP contribution is -1.86. The number of azide groups is 1. The molecule has 0 aliphatic carbocycles. The lowest BCUT2D eigenvalue weighted by Gasteiger charge is -2.06. The highest BCUT2D eigenvalue weighted by atomic mass is 16.3. The number of hydrogen-bond donors (Lipinski definition) is 2. The average Bonchev–Trinajstić information content (AvgIpc) is 2.23. The van der Waals surface area contributed by atoms with Crippen LogP contribution in [0.1, 0.15) is 0 Å². The van der Waals surface area contributed by atoms with E-state index < -0.39 is 0 Å². The quantitative estimate of drug-likeness (QED) is 0.320. The summed E-state index contributed by atoms with van der Waals surface area (Å²) in [6, 6.07) is 8.46. The first-order valence-electron chi connectivity index (χ1n) is 4.29. The van der Waals surface area contributed by atoms with Gasteiger partial charge in [0, 0.05) is 16.0 Å². The molecule has 0 radical (unpaired) electrons. The van der Waals surface area contributed by atoms with Crippen LogP contribution in [0.3, 0.4) is 0 Å². The van der Waals surface area contributed by atoms with Crippen LogP contribution in [0.5, 0.6) is 5.75 Å². The molecule has 74 valence electrons. The predicted octanol–water partition coefficient (Wildman–Crippen LogP) is 3.07. The Balaban J connectivity index is 2.97. The topological polar surface area (TPSA) is 95.0 Å². The second-order valence-corrected chi connectivity index (χ2v) is 3.07. The second-order valence-electron chi connectivity index (χ2n) is 3.07. The summed E-state index contributed by atoms with van der Waals surface area (Å²) in [5, 5.41) is 14.4. The molecule has 0 amide bonds. The van der Waals surface area contributed by atoms with Gasteiger partial charge in [0.2, 0.25) is 0 Å². The zero-order chi connectivity index (χ0) is 10.8. The van der Waals surface area contributed by atoms with Crippen LogP contribution in [0.25, 0.3) is 21.2 Å². The summed E-state index contributed by atoms with van der Waals surface area (Å²) in [5.74, 6) is 0.0576. The Labute approximate surface area is 85.4 Å². The Kier molecular flexibility index (Phi) is 2.08. The maximum absolute atomic E-state index is 9.66. The van der Waals surface area contributed by atoms with E-state index in [2.05, 4.69) is 10.0 Å². The van der Waals surface area contributed by atoms with Crippen molar-refractivity contribution in [1.29, 1.82) is 0 Å². The molecular weight excluding hydrogens is 192 g/mol. The van der Waals surface area contributed by atoms with E-state index in [0.29, 0.717) is 11.1 Å². The molecule has 2 aromatic carbocycles. The molecule has 5 nitrogen and oxygen atoms in total. The van der Waals surface area contributed by atoms with Gasteiger partial charge in [0.25, 0.3) is 0 Å². The van der Waals surface area contributed by atoms with E-state index in [9.17, 15) is 5.11 Å². The van der Waals surface area contributed by atoms with Crippen molar-refractivity contribution >= 4 is 22.1 Å². The molecule has 0 aliphatic rings. The van der Waals surface area contributed by atoms with Crippen LogP contribution in [0.15, 0.2) is 35.4 Å². The fourth-order valence-corrected chi connectivity index (χ4v) is 1.51. The highest BCUT2D eigenvalue weighted by molar-refractivity contribution is 6.01. The minimum atomic E-state index is 0.0576. The monoisotopic (exact) mass is 200 g/mol. The van der Waals surface area contributed by atoms with Crippen LogP contribution in [0.4, 0.5) is 11.4 Å². The standard InChI is InChI=1S/C10H8N4O/c11-7-5-4-6-2-1-3-8(15)9(6)10(7)13-14-12/h1-5,15H,11H2. The van der Waals surface area contributed by atoms with E-state index in [1.54, 1.807) is 18.2 Å². The third-order valence-electron chi connectivity index (χ3n) is 2.17. The number of benzene rings is 2. The number of nitrogens with two attached hydrogens (primary N) is 1. The van der Waals surface area contributed by atoms with E-state index >= 15 is 0 Å². The number of nitrogens with zero attached hydrogens (tertiary/aromatic N) is 3. The van der Waals surface area contributed by atoms with Crippen molar-refractivity contribution in [1.82, 2.24) is 0 Å². The molecule has 0 aromatic heterocycles. The molecule has 15 heavy (non-hydrogen) atoms. The van der Waals surface area contributed by atoms with E-state index in [-0.39, 0.29) is 11.4 Å². The van der Waals surface area contributed by atoms with Gasteiger partial charge >= 0.3 is 0 Å². The van der Waals surface area contributed by atoms with Crippen molar-refractivity contribution in [2.75, 3.05) is 5.73 Å². The fraction of sp³-hybridized carbons (Fsp3) is 0. The van der Waals surface area contributed by atoms with Crippen LogP contribution < -0.4 is 5.73 Å². The maximum Gasteiger partial charge on any atom is 0.123 e. The number of phenolic OH excluding ortho intramolecular Hbond substituents is 1. The minimum absolute atomic E-state index is 0.0576. The minimum Gasteiger partial charge on any atom is -0.507 e. The van der Waals surface area contributed by atoms with Crippen molar-refractivity contribution in [2.45, 2.75) is 0 Å². The summed E-state index contributed by atoms with van der Waals surface area (Å²) in [5.41, 5.74) is 14.7. The van der Waals surface area contributed by atoms with Gasteiger partial charge in [-0.3, -0.25) is 0 Å². The molecule has 0 bridgehead atoms. The molecule has 0 spiro atoms. The highest BCUT2D eigenvalue weighted by Crippen LogP contribution is 2.37. The zero-order valence-electron chi connectivity index (χ0n) is 7.75. The summed E-state index contributed by atoms with van der Waals surface area (Å²) < 4.78 is 0. The molecule has 0 saturated carbocycles. The van der Waals surface area contributed by atoms with E-state index in [0.717, 1.165) is 5.39 Å². The number of nitrogen functional groups attached to an aromatic ring is 1. The zero-order valence-corrected chi connectivity index (χ0v) is 7.75. The molecule has 0 saturated heterocycles. The number of fused-ring (bicyclic) bond motifs is 1. The molecular formula is C10H8N4O. The Bertz CT molecular complexity index is 573. The lowest BCUT2D eigenvalue weighted by atomic mass is 10.1. The van der Waals surface area contributed by atoms with Gasteiger partial charge in [0.05, 0.1) is 5.69 Å². The molecule has 2 aromatic rings. The Morgan fingerprint density at radius 1 is 1.27 bits per heavy atom. The third kappa shape index (κ3) is 1.41.